The van der Waals surface area contributed by atoms with Crippen LogP contribution in [0.2, 0.25) is 0 Å². The third-order valence-electron chi connectivity index (χ3n) is 6.11. The Morgan fingerprint density at radius 2 is 1.67 bits per heavy atom. The van der Waals surface area contributed by atoms with Crippen molar-refractivity contribution in [3.05, 3.63) is 29.8 Å². The van der Waals surface area contributed by atoms with Gasteiger partial charge in [-0.25, -0.2) is 8.42 Å². The van der Waals surface area contributed by atoms with Gasteiger partial charge in [0.05, 0.1) is 11.4 Å². The molecule has 1 N–H and O–H groups in total. The lowest BCUT2D eigenvalue weighted by Crippen LogP contribution is -2.55. The fourth-order valence-electron chi connectivity index (χ4n) is 4.16. The molecule has 1 aliphatic carbocycles. The third-order valence-corrected chi connectivity index (χ3v) is 8.03. The Bertz CT molecular complexity index is 890. The van der Waals surface area contributed by atoms with Gasteiger partial charge in [0.1, 0.15) is 6.04 Å². The molecule has 1 atom stereocenters. The normalized spacial score (nSPS) is 23.5. The number of aryl methyl sites for hydroxylation is 1. The number of nitrogens with zero attached hydrogens (tertiary/aromatic N) is 3. The molecule has 1 unspecified atom stereocenters. The van der Waals surface area contributed by atoms with Crippen LogP contribution in [0.25, 0.3) is 0 Å². The number of hydrogen-bond acceptors (Lipinski definition) is 5. The topological polar surface area (TPSA) is 90.0 Å². The Morgan fingerprint density at radius 1 is 1.00 bits per heavy atom. The van der Waals surface area contributed by atoms with E-state index in [0.29, 0.717) is 58.2 Å². The molecule has 8 nitrogen and oxygen atoms in total. The summed E-state index contributed by atoms with van der Waals surface area (Å²) in [4.78, 5) is 29.2. The maximum absolute atomic E-state index is 13.1. The summed E-state index contributed by atoms with van der Waals surface area (Å²) in [6.45, 7) is 4.93. The zero-order valence-corrected chi connectivity index (χ0v) is 18.2. The van der Waals surface area contributed by atoms with Crippen molar-refractivity contribution in [2.24, 2.45) is 0 Å². The number of amides is 2. The SMILES string of the molecule is Cc1ccc(S(=O)(=O)N2CCCC2C(=O)N2CCN(CC(=O)NC3CC3)CC2)cc1. The number of benzene rings is 1. The highest BCUT2D eigenvalue weighted by molar-refractivity contribution is 7.89. The summed E-state index contributed by atoms with van der Waals surface area (Å²) < 4.78 is 27.6. The van der Waals surface area contributed by atoms with Gasteiger partial charge in [0, 0.05) is 38.8 Å². The summed E-state index contributed by atoms with van der Waals surface area (Å²) in [5.41, 5.74) is 0.992. The predicted molar refractivity (Wildman–Crippen MR) is 112 cm³/mol. The molecule has 1 aromatic carbocycles. The molecule has 9 heteroatoms. The molecule has 164 valence electrons. The van der Waals surface area contributed by atoms with Gasteiger partial charge in [-0.05, 0) is 44.7 Å². The van der Waals surface area contributed by atoms with Gasteiger partial charge in [-0.3, -0.25) is 14.5 Å². The van der Waals surface area contributed by atoms with Crippen LogP contribution in [0.3, 0.4) is 0 Å². The van der Waals surface area contributed by atoms with Gasteiger partial charge < -0.3 is 10.2 Å². The zero-order chi connectivity index (χ0) is 21.3. The van der Waals surface area contributed by atoms with Crippen molar-refractivity contribution < 1.29 is 18.0 Å². The average Bonchev–Trinajstić information content (AvgIpc) is 3.38. The van der Waals surface area contributed by atoms with Crippen molar-refractivity contribution >= 4 is 21.8 Å². The molecular weight excluding hydrogens is 404 g/mol. The van der Waals surface area contributed by atoms with E-state index in [1.54, 1.807) is 29.2 Å². The number of piperazine rings is 1. The fraction of sp³-hybridized carbons (Fsp3) is 0.619. The van der Waals surface area contributed by atoms with Crippen LogP contribution < -0.4 is 5.32 Å². The van der Waals surface area contributed by atoms with Crippen LogP contribution in [0, 0.1) is 6.92 Å². The molecule has 3 fully saturated rings. The Hall–Kier alpha value is -1.97. The molecular formula is C21H30N4O4S. The molecule has 2 heterocycles. The van der Waals surface area contributed by atoms with Crippen LogP contribution in [0.5, 0.6) is 0 Å². The minimum Gasteiger partial charge on any atom is -0.352 e. The lowest BCUT2D eigenvalue weighted by Gasteiger charge is -2.36. The van der Waals surface area contributed by atoms with Crippen LogP contribution in [-0.2, 0) is 19.6 Å². The minimum absolute atomic E-state index is 0.0448. The maximum Gasteiger partial charge on any atom is 0.243 e. The Balaban J connectivity index is 1.35. The van der Waals surface area contributed by atoms with Crippen molar-refractivity contribution in [3.63, 3.8) is 0 Å². The fourth-order valence-corrected chi connectivity index (χ4v) is 5.81. The first-order valence-corrected chi connectivity index (χ1v) is 12.2. The number of rotatable bonds is 6. The number of carbonyl (C=O) groups is 2. The van der Waals surface area contributed by atoms with Crippen LogP contribution in [0.1, 0.15) is 31.2 Å². The number of carbonyl (C=O) groups excluding carboxylic acids is 2. The van der Waals surface area contributed by atoms with Gasteiger partial charge in [-0.1, -0.05) is 17.7 Å². The van der Waals surface area contributed by atoms with E-state index in [0.717, 1.165) is 18.4 Å². The van der Waals surface area contributed by atoms with E-state index in [4.69, 9.17) is 0 Å². The molecule has 2 saturated heterocycles. The van der Waals surface area contributed by atoms with E-state index >= 15 is 0 Å². The molecule has 0 spiro atoms. The molecule has 0 radical (unpaired) electrons. The molecule has 0 bridgehead atoms. The first-order valence-electron chi connectivity index (χ1n) is 10.7. The van der Waals surface area contributed by atoms with Gasteiger partial charge in [-0.2, -0.15) is 4.31 Å². The van der Waals surface area contributed by atoms with Gasteiger partial charge >= 0.3 is 0 Å². The summed E-state index contributed by atoms with van der Waals surface area (Å²) in [7, 11) is -3.70. The second kappa shape index (κ2) is 8.64. The molecule has 4 rings (SSSR count). The summed E-state index contributed by atoms with van der Waals surface area (Å²) >= 11 is 0. The molecule has 1 saturated carbocycles. The molecule has 1 aromatic rings. The quantitative estimate of drug-likeness (QED) is 0.707. The van der Waals surface area contributed by atoms with Gasteiger partial charge in [0.2, 0.25) is 21.8 Å². The zero-order valence-electron chi connectivity index (χ0n) is 17.4. The maximum atomic E-state index is 13.1. The van der Waals surface area contributed by atoms with Crippen molar-refractivity contribution in [1.29, 1.82) is 0 Å². The van der Waals surface area contributed by atoms with Gasteiger partial charge in [-0.15, -0.1) is 0 Å². The largest absolute Gasteiger partial charge is 0.352 e. The van der Waals surface area contributed by atoms with E-state index in [1.165, 1.54) is 4.31 Å². The highest BCUT2D eigenvalue weighted by atomic mass is 32.2. The van der Waals surface area contributed by atoms with Crippen molar-refractivity contribution in [2.75, 3.05) is 39.3 Å². The van der Waals surface area contributed by atoms with Crippen LogP contribution in [0.4, 0.5) is 0 Å². The Morgan fingerprint density at radius 3 is 2.30 bits per heavy atom. The smallest absolute Gasteiger partial charge is 0.243 e. The Labute approximate surface area is 178 Å². The first-order chi connectivity index (χ1) is 14.3. The average molecular weight is 435 g/mol. The lowest BCUT2D eigenvalue weighted by molar-refractivity contribution is -0.136. The number of hydrogen-bond donors (Lipinski definition) is 1. The van der Waals surface area contributed by atoms with E-state index in [2.05, 4.69) is 10.2 Å². The van der Waals surface area contributed by atoms with Gasteiger partial charge in [0.25, 0.3) is 0 Å². The van der Waals surface area contributed by atoms with E-state index in [9.17, 15) is 18.0 Å². The minimum atomic E-state index is -3.70. The highest BCUT2D eigenvalue weighted by Gasteiger charge is 2.41. The lowest BCUT2D eigenvalue weighted by atomic mass is 10.2. The van der Waals surface area contributed by atoms with Crippen molar-refractivity contribution in [1.82, 2.24) is 19.4 Å². The second-order valence-electron chi connectivity index (χ2n) is 8.53. The molecule has 0 aromatic heterocycles. The van der Waals surface area contributed by atoms with Crippen LogP contribution in [0.15, 0.2) is 29.2 Å². The molecule has 2 aliphatic heterocycles. The summed E-state index contributed by atoms with van der Waals surface area (Å²) in [5.74, 6) is -0.0753. The molecule has 30 heavy (non-hydrogen) atoms. The van der Waals surface area contributed by atoms with Crippen molar-refractivity contribution in [3.8, 4) is 0 Å². The Kier molecular flexibility index (Phi) is 6.13. The van der Waals surface area contributed by atoms with E-state index < -0.39 is 16.1 Å². The number of nitrogens with one attached hydrogen (secondary N) is 1. The summed E-state index contributed by atoms with van der Waals surface area (Å²) in [6, 6.07) is 6.48. The number of sulfonamides is 1. The van der Waals surface area contributed by atoms with E-state index in [1.807, 2.05) is 6.92 Å². The molecule has 3 aliphatic rings. The summed E-state index contributed by atoms with van der Waals surface area (Å²) in [6.07, 6.45) is 3.37. The monoisotopic (exact) mass is 434 g/mol. The highest BCUT2D eigenvalue weighted by Crippen LogP contribution is 2.28. The van der Waals surface area contributed by atoms with Gasteiger partial charge in [0.15, 0.2) is 0 Å². The second-order valence-corrected chi connectivity index (χ2v) is 10.4. The molecule has 2 amide bonds. The summed E-state index contributed by atoms with van der Waals surface area (Å²) in [5, 5.41) is 2.99. The third kappa shape index (κ3) is 4.68. The standard InChI is InChI=1S/C21H30N4O4S/c1-16-4-8-18(9-5-16)30(28,29)25-10-2-3-19(25)21(27)24-13-11-23(12-14-24)15-20(26)22-17-6-7-17/h4-5,8-9,17,19H,2-3,6-7,10-15H2,1H3,(H,22,26). The first kappa shape index (κ1) is 21.3. The van der Waals surface area contributed by atoms with Crippen LogP contribution in [-0.4, -0.2) is 85.7 Å². The van der Waals surface area contributed by atoms with Crippen molar-refractivity contribution in [2.45, 2.75) is 49.6 Å². The predicted octanol–water partition coefficient (Wildman–Crippen LogP) is 0.571. The van der Waals surface area contributed by atoms with Crippen LogP contribution >= 0.6 is 0 Å². The van der Waals surface area contributed by atoms with E-state index in [-0.39, 0.29) is 16.7 Å².